The average Bonchev–Trinajstić information content (AvgIpc) is 3.35. The van der Waals surface area contributed by atoms with Crippen LogP contribution in [0.2, 0.25) is 0 Å². The standard InChI is InChI=1S/C57H71N3O6/c1-3-5-7-9-11-13-15-17-19-24-42-63-52-37-28-46(29-38-52)56(61)65-54-41-32-48(45-58-49-33-35-51(36-34-49)60-59-50-26-22-21-23-27-50)55(44-54)66-57(62)47-30-39-53(40-31-47)64-43-25-20-18-16-14-12-10-8-6-4-2/h21-23,26-41,44-45H,3-20,24-25,42-43H2,1-2H3. The molecule has 9 heteroatoms. The molecule has 0 saturated heterocycles. The fourth-order valence-corrected chi connectivity index (χ4v) is 7.39. The van der Waals surface area contributed by atoms with Crippen LogP contribution in [-0.4, -0.2) is 31.4 Å². The molecule has 0 spiro atoms. The lowest BCUT2D eigenvalue weighted by Crippen LogP contribution is -2.11. The highest BCUT2D eigenvalue weighted by molar-refractivity contribution is 5.94. The van der Waals surface area contributed by atoms with Crippen molar-refractivity contribution in [3.05, 3.63) is 138 Å². The third-order valence-corrected chi connectivity index (χ3v) is 11.4. The van der Waals surface area contributed by atoms with Gasteiger partial charge >= 0.3 is 11.9 Å². The predicted molar refractivity (Wildman–Crippen MR) is 268 cm³/mol. The topological polar surface area (TPSA) is 108 Å². The van der Waals surface area contributed by atoms with Crippen LogP contribution < -0.4 is 18.9 Å². The second-order valence-electron chi connectivity index (χ2n) is 16.9. The number of carbonyl (C=O) groups excluding carboxylic acids is 2. The second kappa shape index (κ2) is 30.9. The van der Waals surface area contributed by atoms with Gasteiger partial charge in [-0.3, -0.25) is 4.99 Å². The van der Waals surface area contributed by atoms with E-state index < -0.39 is 11.9 Å². The van der Waals surface area contributed by atoms with Crippen LogP contribution in [0.3, 0.4) is 0 Å². The number of azo groups is 1. The van der Waals surface area contributed by atoms with Crippen LogP contribution in [-0.2, 0) is 0 Å². The Hall–Kier alpha value is -6.09. The van der Waals surface area contributed by atoms with Gasteiger partial charge in [-0.25, -0.2) is 9.59 Å². The number of nitrogens with zero attached hydrogens (tertiary/aromatic N) is 3. The lowest BCUT2D eigenvalue weighted by atomic mass is 10.1. The van der Waals surface area contributed by atoms with Gasteiger partial charge < -0.3 is 18.9 Å². The minimum Gasteiger partial charge on any atom is -0.494 e. The molecule has 5 rings (SSSR count). The maximum atomic E-state index is 13.5. The Morgan fingerprint density at radius 3 is 1.32 bits per heavy atom. The Kier molecular flexibility index (Phi) is 23.9. The molecule has 350 valence electrons. The van der Waals surface area contributed by atoms with Gasteiger partial charge in [0, 0.05) is 17.8 Å². The lowest BCUT2D eigenvalue weighted by Gasteiger charge is -2.11. The van der Waals surface area contributed by atoms with E-state index in [9.17, 15) is 9.59 Å². The quantitative estimate of drug-likeness (QED) is 0.0140. The summed E-state index contributed by atoms with van der Waals surface area (Å²) in [5, 5.41) is 8.59. The molecule has 0 N–H and O–H groups in total. The van der Waals surface area contributed by atoms with E-state index in [2.05, 4.69) is 29.1 Å². The number of hydrogen-bond donors (Lipinski definition) is 0. The number of hydrogen-bond acceptors (Lipinski definition) is 9. The molecule has 66 heavy (non-hydrogen) atoms. The molecule has 9 nitrogen and oxygen atoms in total. The number of aliphatic imine (C=N–C) groups is 1. The fraction of sp³-hybridized carbons (Fsp3) is 0.421. The molecule has 0 heterocycles. The normalized spacial score (nSPS) is 11.3. The molecular weight excluding hydrogens is 823 g/mol. The van der Waals surface area contributed by atoms with E-state index in [0.29, 0.717) is 52.8 Å². The van der Waals surface area contributed by atoms with Gasteiger partial charge in [0.25, 0.3) is 0 Å². The Morgan fingerprint density at radius 1 is 0.424 bits per heavy atom. The number of benzene rings is 5. The van der Waals surface area contributed by atoms with Crippen molar-refractivity contribution in [2.75, 3.05) is 13.2 Å². The van der Waals surface area contributed by atoms with E-state index >= 15 is 0 Å². The first-order valence-corrected chi connectivity index (χ1v) is 24.7. The van der Waals surface area contributed by atoms with E-state index in [1.807, 2.05) is 54.6 Å². The van der Waals surface area contributed by atoms with Gasteiger partial charge in [0.2, 0.25) is 0 Å². The van der Waals surface area contributed by atoms with Crippen molar-refractivity contribution in [1.29, 1.82) is 0 Å². The average molecular weight is 894 g/mol. The molecular formula is C57H71N3O6. The molecule has 0 amide bonds. The van der Waals surface area contributed by atoms with Crippen LogP contribution in [0.25, 0.3) is 0 Å². The zero-order valence-electron chi connectivity index (χ0n) is 39.5. The highest BCUT2D eigenvalue weighted by Crippen LogP contribution is 2.28. The largest absolute Gasteiger partial charge is 0.494 e. The zero-order chi connectivity index (χ0) is 46.3. The van der Waals surface area contributed by atoms with Gasteiger partial charge in [-0.05, 0) is 110 Å². The first-order valence-electron chi connectivity index (χ1n) is 24.7. The number of rotatable bonds is 32. The molecule has 5 aromatic rings. The molecule has 0 aliphatic carbocycles. The molecule has 0 aliphatic rings. The Bertz CT molecular complexity index is 2170. The van der Waals surface area contributed by atoms with Crippen molar-refractivity contribution in [2.24, 2.45) is 15.2 Å². The molecule has 0 saturated carbocycles. The molecule has 0 aromatic heterocycles. The van der Waals surface area contributed by atoms with Gasteiger partial charge in [-0.1, -0.05) is 148 Å². The summed E-state index contributed by atoms with van der Waals surface area (Å²) in [4.78, 5) is 31.5. The summed E-state index contributed by atoms with van der Waals surface area (Å²) in [6, 6.07) is 35.6. The minimum atomic E-state index is -0.573. The predicted octanol–water partition coefficient (Wildman–Crippen LogP) is 16.9. The third kappa shape index (κ3) is 20.0. The molecule has 0 unspecified atom stereocenters. The Labute approximate surface area is 394 Å². The number of ether oxygens (including phenoxy) is 4. The van der Waals surface area contributed by atoms with E-state index in [-0.39, 0.29) is 11.5 Å². The summed E-state index contributed by atoms with van der Waals surface area (Å²) in [7, 11) is 0. The van der Waals surface area contributed by atoms with Gasteiger partial charge in [0.15, 0.2) is 0 Å². The van der Waals surface area contributed by atoms with Crippen molar-refractivity contribution in [3.8, 4) is 23.0 Å². The highest BCUT2D eigenvalue weighted by Gasteiger charge is 2.16. The number of carbonyl (C=O) groups is 2. The Morgan fingerprint density at radius 2 is 0.833 bits per heavy atom. The van der Waals surface area contributed by atoms with Crippen molar-refractivity contribution in [3.63, 3.8) is 0 Å². The molecule has 0 atom stereocenters. The summed E-state index contributed by atoms with van der Waals surface area (Å²) in [6.07, 6.45) is 26.9. The van der Waals surface area contributed by atoms with Gasteiger partial charge in [-0.15, -0.1) is 0 Å². The minimum absolute atomic E-state index is 0.180. The number of unbranched alkanes of at least 4 members (excludes halogenated alkanes) is 18. The van der Waals surface area contributed by atoms with Crippen LogP contribution in [0, 0.1) is 0 Å². The SMILES string of the molecule is CCCCCCCCCCCCOc1ccc(C(=O)Oc2ccc(C=Nc3ccc(N=Nc4ccccc4)cc3)c(OC(=O)c3ccc(OCCCCCCCCCCCC)cc3)c2)cc1. The van der Waals surface area contributed by atoms with Crippen molar-refractivity contribution >= 4 is 35.2 Å². The molecule has 0 fully saturated rings. The monoisotopic (exact) mass is 894 g/mol. The van der Waals surface area contributed by atoms with Crippen LogP contribution in [0.4, 0.5) is 17.1 Å². The van der Waals surface area contributed by atoms with Gasteiger partial charge in [0.1, 0.15) is 23.0 Å². The van der Waals surface area contributed by atoms with Crippen molar-refractivity contribution < 1.29 is 28.5 Å². The molecule has 0 aliphatic heterocycles. The molecule has 5 aromatic carbocycles. The van der Waals surface area contributed by atoms with Crippen LogP contribution in [0.1, 0.15) is 169 Å². The molecule has 0 bridgehead atoms. The van der Waals surface area contributed by atoms with E-state index in [0.717, 1.165) is 31.4 Å². The maximum absolute atomic E-state index is 13.5. The number of esters is 2. The van der Waals surface area contributed by atoms with Crippen LogP contribution in [0.5, 0.6) is 23.0 Å². The van der Waals surface area contributed by atoms with Gasteiger partial charge in [0.05, 0.1) is 41.4 Å². The lowest BCUT2D eigenvalue weighted by molar-refractivity contribution is 0.0732. The molecule has 0 radical (unpaired) electrons. The van der Waals surface area contributed by atoms with E-state index in [1.165, 1.54) is 109 Å². The smallest absolute Gasteiger partial charge is 0.343 e. The maximum Gasteiger partial charge on any atom is 0.343 e. The summed E-state index contributed by atoms with van der Waals surface area (Å²) in [6.45, 7) is 5.78. The van der Waals surface area contributed by atoms with Crippen LogP contribution >= 0.6 is 0 Å². The Balaban J connectivity index is 1.15. The van der Waals surface area contributed by atoms with Crippen molar-refractivity contribution in [2.45, 2.75) is 142 Å². The van der Waals surface area contributed by atoms with Crippen LogP contribution in [0.15, 0.2) is 137 Å². The fourth-order valence-electron chi connectivity index (χ4n) is 7.39. The second-order valence-corrected chi connectivity index (χ2v) is 16.9. The van der Waals surface area contributed by atoms with E-state index in [4.69, 9.17) is 18.9 Å². The van der Waals surface area contributed by atoms with Gasteiger partial charge in [-0.2, -0.15) is 10.2 Å². The van der Waals surface area contributed by atoms with Crippen molar-refractivity contribution in [1.82, 2.24) is 0 Å². The zero-order valence-corrected chi connectivity index (χ0v) is 39.5. The summed E-state index contributed by atoms with van der Waals surface area (Å²) in [5.41, 5.74) is 3.33. The summed E-state index contributed by atoms with van der Waals surface area (Å²) >= 11 is 0. The first kappa shape index (κ1) is 50.9. The third-order valence-electron chi connectivity index (χ3n) is 11.4. The highest BCUT2D eigenvalue weighted by atomic mass is 16.5. The first-order chi connectivity index (χ1) is 32.5. The summed E-state index contributed by atoms with van der Waals surface area (Å²) < 4.78 is 23.7. The van der Waals surface area contributed by atoms with E-state index in [1.54, 1.807) is 66.9 Å². The summed E-state index contributed by atoms with van der Waals surface area (Å²) in [5.74, 6) is 0.679.